The Morgan fingerprint density at radius 3 is 2.66 bits per heavy atom. The van der Waals surface area contributed by atoms with Gasteiger partial charge in [-0.05, 0) is 87.2 Å². The van der Waals surface area contributed by atoms with Crippen molar-refractivity contribution in [2.24, 2.45) is 0 Å². The minimum atomic E-state index is -3.83. The summed E-state index contributed by atoms with van der Waals surface area (Å²) in [6, 6.07) is 12.3. The van der Waals surface area contributed by atoms with Crippen LogP contribution < -0.4 is 14.9 Å². The standard InChI is InChI=1S/C31H35N5O4S/c1-3-25-29(31(38)32-13-17-35-14-6-7-15-35)20(2)27(33-25)19-24-23-18-22(10-11-26(23)34-30(24)37)41(39,40)36-16-12-21-8-4-5-9-28(21)36/h4-5,8-11,18-19,33H,3,6-7,12-17H2,1-2H3,(H,32,38)(H,34,37). The molecule has 214 valence electrons. The van der Waals surface area contributed by atoms with Crippen LogP contribution >= 0.6 is 0 Å². The third-order valence-electron chi connectivity index (χ3n) is 8.35. The Morgan fingerprint density at radius 1 is 1.10 bits per heavy atom. The molecule has 0 radical (unpaired) electrons. The van der Waals surface area contributed by atoms with Gasteiger partial charge >= 0.3 is 0 Å². The first-order valence-electron chi connectivity index (χ1n) is 14.3. The molecule has 2 amide bonds. The van der Waals surface area contributed by atoms with Crippen LogP contribution in [0.25, 0.3) is 11.6 Å². The van der Waals surface area contributed by atoms with Crippen molar-refractivity contribution in [3.8, 4) is 0 Å². The van der Waals surface area contributed by atoms with Gasteiger partial charge in [0.25, 0.3) is 21.8 Å². The summed E-state index contributed by atoms with van der Waals surface area (Å²) in [6.45, 7) is 7.80. The fourth-order valence-corrected chi connectivity index (χ4v) is 7.65. The second kappa shape index (κ2) is 10.8. The van der Waals surface area contributed by atoms with Gasteiger partial charge in [0.15, 0.2) is 0 Å². The molecule has 1 fully saturated rings. The average molecular weight is 574 g/mol. The van der Waals surface area contributed by atoms with Crippen molar-refractivity contribution in [1.29, 1.82) is 0 Å². The van der Waals surface area contributed by atoms with E-state index in [1.165, 1.54) is 23.2 Å². The Morgan fingerprint density at radius 2 is 1.88 bits per heavy atom. The normalized spacial score (nSPS) is 17.7. The minimum absolute atomic E-state index is 0.130. The maximum atomic E-state index is 13.7. The van der Waals surface area contributed by atoms with E-state index < -0.39 is 10.0 Å². The number of sulfonamides is 1. The van der Waals surface area contributed by atoms with Crippen LogP contribution in [0.15, 0.2) is 47.4 Å². The smallest absolute Gasteiger partial charge is 0.264 e. The van der Waals surface area contributed by atoms with E-state index in [9.17, 15) is 18.0 Å². The lowest BCUT2D eigenvalue weighted by Gasteiger charge is -2.20. The van der Waals surface area contributed by atoms with Crippen LogP contribution in [0, 0.1) is 6.92 Å². The van der Waals surface area contributed by atoms with Crippen LogP contribution in [0.3, 0.4) is 0 Å². The molecule has 9 nitrogen and oxygen atoms in total. The highest BCUT2D eigenvalue weighted by Crippen LogP contribution is 2.38. The number of carbonyl (C=O) groups is 2. The van der Waals surface area contributed by atoms with Crippen molar-refractivity contribution >= 4 is 44.9 Å². The molecule has 4 heterocycles. The number of aromatic nitrogens is 1. The number of aromatic amines is 1. The number of amides is 2. The summed E-state index contributed by atoms with van der Waals surface area (Å²) in [5.74, 6) is -0.445. The van der Waals surface area contributed by atoms with E-state index in [0.717, 1.165) is 36.5 Å². The molecule has 0 spiro atoms. The topological polar surface area (TPSA) is 115 Å². The number of likely N-dealkylation sites (tertiary alicyclic amines) is 1. The molecule has 3 aliphatic heterocycles. The third kappa shape index (κ3) is 4.95. The second-order valence-corrected chi connectivity index (χ2v) is 12.7. The Bertz CT molecular complexity index is 1670. The lowest BCUT2D eigenvalue weighted by atomic mass is 10.0. The van der Waals surface area contributed by atoms with E-state index in [1.54, 1.807) is 18.2 Å². The Labute approximate surface area is 240 Å². The zero-order valence-electron chi connectivity index (χ0n) is 23.4. The lowest BCUT2D eigenvalue weighted by Crippen LogP contribution is -2.34. The highest BCUT2D eigenvalue weighted by Gasteiger charge is 2.33. The van der Waals surface area contributed by atoms with Crippen LogP contribution in [0.5, 0.6) is 0 Å². The molecule has 0 aliphatic carbocycles. The number of hydrogen-bond acceptors (Lipinski definition) is 5. The number of aryl methyl sites for hydroxylation is 1. The summed E-state index contributed by atoms with van der Waals surface area (Å²) in [6.07, 6.45) is 5.42. The largest absolute Gasteiger partial charge is 0.358 e. The second-order valence-electron chi connectivity index (χ2n) is 10.9. The van der Waals surface area contributed by atoms with Crippen molar-refractivity contribution in [3.05, 3.63) is 76.1 Å². The molecule has 3 aliphatic rings. The summed E-state index contributed by atoms with van der Waals surface area (Å²) in [5.41, 5.74) is 5.94. The van der Waals surface area contributed by atoms with Crippen molar-refractivity contribution < 1.29 is 18.0 Å². The number of nitrogens with zero attached hydrogens (tertiary/aromatic N) is 2. The van der Waals surface area contributed by atoms with Gasteiger partial charge in [-0.15, -0.1) is 0 Å². The number of benzene rings is 2. The summed E-state index contributed by atoms with van der Waals surface area (Å²) < 4.78 is 28.8. The van der Waals surface area contributed by atoms with Crippen molar-refractivity contribution in [3.63, 3.8) is 0 Å². The van der Waals surface area contributed by atoms with E-state index in [0.29, 0.717) is 59.7 Å². The molecular formula is C31H35N5O4S. The first-order chi connectivity index (χ1) is 19.8. The molecule has 0 bridgehead atoms. The monoisotopic (exact) mass is 573 g/mol. The van der Waals surface area contributed by atoms with Crippen molar-refractivity contribution in [2.45, 2.75) is 44.4 Å². The summed E-state index contributed by atoms with van der Waals surface area (Å²) in [5, 5.41) is 5.91. The van der Waals surface area contributed by atoms with Gasteiger partial charge in [-0.2, -0.15) is 0 Å². The molecule has 0 atom stereocenters. The highest BCUT2D eigenvalue weighted by atomic mass is 32.2. The summed E-state index contributed by atoms with van der Waals surface area (Å²) in [4.78, 5) is 32.1. The Kier molecular flexibility index (Phi) is 7.21. The predicted octanol–water partition coefficient (Wildman–Crippen LogP) is 3.96. The summed E-state index contributed by atoms with van der Waals surface area (Å²) in [7, 11) is -3.83. The van der Waals surface area contributed by atoms with E-state index >= 15 is 0 Å². The van der Waals surface area contributed by atoms with Gasteiger partial charge in [0.05, 0.1) is 21.7 Å². The molecule has 41 heavy (non-hydrogen) atoms. The molecule has 0 saturated carbocycles. The number of H-pyrrole nitrogens is 1. The zero-order valence-corrected chi connectivity index (χ0v) is 24.2. The molecule has 2 aromatic carbocycles. The van der Waals surface area contributed by atoms with Gasteiger partial charge in [-0.3, -0.25) is 13.9 Å². The average Bonchev–Trinajstić information content (AvgIpc) is 3.75. The van der Waals surface area contributed by atoms with Gasteiger partial charge in [0.2, 0.25) is 0 Å². The molecular weight excluding hydrogens is 538 g/mol. The van der Waals surface area contributed by atoms with E-state index in [1.807, 2.05) is 38.1 Å². The van der Waals surface area contributed by atoms with Crippen LogP contribution in [0.2, 0.25) is 0 Å². The Hall–Kier alpha value is -3.89. The SMILES string of the molecule is CCc1[nH]c(C=C2C(=O)Nc3ccc(S(=O)(=O)N4CCc5ccccc54)cc32)c(C)c1C(=O)NCCN1CCCC1. The predicted molar refractivity (Wildman–Crippen MR) is 161 cm³/mol. The number of hydrogen-bond donors (Lipinski definition) is 3. The fourth-order valence-electron chi connectivity index (χ4n) is 6.12. The first-order valence-corrected chi connectivity index (χ1v) is 15.7. The number of anilines is 2. The van der Waals surface area contributed by atoms with E-state index in [2.05, 4.69) is 20.5 Å². The molecule has 0 unspecified atom stereocenters. The van der Waals surface area contributed by atoms with Crippen LogP contribution in [0.1, 0.15) is 58.2 Å². The maximum Gasteiger partial charge on any atom is 0.264 e. The third-order valence-corrected chi connectivity index (χ3v) is 10.2. The quantitative estimate of drug-likeness (QED) is 0.353. The van der Waals surface area contributed by atoms with Gasteiger partial charge in [0, 0.05) is 42.3 Å². The van der Waals surface area contributed by atoms with Crippen LogP contribution in [0.4, 0.5) is 11.4 Å². The molecule has 1 aromatic heterocycles. The van der Waals surface area contributed by atoms with E-state index in [-0.39, 0.29) is 16.7 Å². The first kappa shape index (κ1) is 27.3. The zero-order chi connectivity index (χ0) is 28.7. The number of nitrogens with one attached hydrogen (secondary N) is 3. The maximum absolute atomic E-state index is 13.7. The van der Waals surface area contributed by atoms with Crippen molar-refractivity contribution in [2.75, 3.05) is 42.3 Å². The van der Waals surface area contributed by atoms with Gasteiger partial charge < -0.3 is 20.5 Å². The number of fused-ring (bicyclic) bond motifs is 2. The van der Waals surface area contributed by atoms with E-state index in [4.69, 9.17) is 0 Å². The van der Waals surface area contributed by atoms with Gasteiger partial charge in [-0.1, -0.05) is 25.1 Å². The fraction of sp³-hybridized carbons (Fsp3) is 0.355. The summed E-state index contributed by atoms with van der Waals surface area (Å²) >= 11 is 0. The number of carbonyl (C=O) groups excluding carboxylic acids is 2. The molecule has 1 saturated heterocycles. The number of rotatable bonds is 8. The van der Waals surface area contributed by atoms with Gasteiger partial charge in [-0.25, -0.2) is 8.42 Å². The van der Waals surface area contributed by atoms with Gasteiger partial charge in [0.1, 0.15) is 0 Å². The van der Waals surface area contributed by atoms with Crippen LogP contribution in [-0.2, 0) is 27.7 Å². The lowest BCUT2D eigenvalue weighted by molar-refractivity contribution is -0.110. The number of para-hydroxylation sites is 1. The molecule has 3 aromatic rings. The highest BCUT2D eigenvalue weighted by molar-refractivity contribution is 7.92. The molecule has 3 N–H and O–H groups in total. The van der Waals surface area contributed by atoms with Crippen molar-refractivity contribution in [1.82, 2.24) is 15.2 Å². The molecule has 6 rings (SSSR count). The Balaban J connectivity index is 1.29. The molecule has 10 heteroatoms. The minimum Gasteiger partial charge on any atom is -0.358 e. The van der Waals surface area contributed by atoms with Crippen LogP contribution in [-0.4, -0.2) is 62.8 Å².